The first-order valence-electron chi connectivity index (χ1n) is 11.0. The van der Waals surface area contributed by atoms with Gasteiger partial charge in [-0.25, -0.2) is 4.98 Å². The predicted octanol–water partition coefficient (Wildman–Crippen LogP) is 3.94. The minimum absolute atomic E-state index is 0. The summed E-state index contributed by atoms with van der Waals surface area (Å²) in [5.41, 5.74) is 2.69. The van der Waals surface area contributed by atoms with Crippen LogP contribution in [-0.4, -0.2) is 47.1 Å². The second-order valence-electron chi connectivity index (χ2n) is 7.88. The van der Waals surface area contributed by atoms with Crippen molar-refractivity contribution < 1.29 is 0 Å². The van der Waals surface area contributed by atoms with Gasteiger partial charge in [0.1, 0.15) is 5.82 Å². The molecule has 1 aliphatic rings. The number of imidazole rings is 1. The Labute approximate surface area is 198 Å². The molecule has 0 spiro atoms. The van der Waals surface area contributed by atoms with Gasteiger partial charge >= 0.3 is 0 Å². The Kier molecular flexibility index (Phi) is 11.2. The molecule has 2 N–H and O–H groups in total. The second-order valence-corrected chi connectivity index (χ2v) is 7.88. The number of nitrogens with one attached hydrogen (secondary N) is 2. The van der Waals surface area contributed by atoms with Gasteiger partial charge in [-0.2, -0.15) is 0 Å². The Balaban J connectivity index is 0.00000320. The topological polar surface area (TPSA) is 57.5 Å². The summed E-state index contributed by atoms with van der Waals surface area (Å²) in [6.07, 6.45) is 10.2. The van der Waals surface area contributed by atoms with E-state index in [-0.39, 0.29) is 24.0 Å². The first-order chi connectivity index (χ1) is 14.2. The Hall–Kier alpha value is -1.61. The molecule has 0 aliphatic carbocycles. The standard InChI is InChI=1S/C23H36N6.HI/c1-20-25-13-17-29(20)16-7-4-12-26-23(24-2)27-18-21-8-10-22(11-9-21)19-28-14-5-3-6-15-28;/h8-11,13,17H,3-7,12,14-16,18-19H2,1-2H3,(H2,24,26,27);1H. The molecule has 0 amide bonds. The number of likely N-dealkylation sites (tertiary alicyclic amines) is 1. The highest BCUT2D eigenvalue weighted by molar-refractivity contribution is 14.0. The lowest BCUT2D eigenvalue weighted by molar-refractivity contribution is 0.221. The molecule has 3 rings (SSSR count). The molecule has 1 aromatic heterocycles. The normalized spacial score (nSPS) is 14.9. The SMILES string of the molecule is CN=C(NCCCCn1ccnc1C)NCc1ccc(CN2CCCCC2)cc1.I. The van der Waals surface area contributed by atoms with Gasteiger partial charge in [-0.05, 0) is 56.8 Å². The van der Waals surface area contributed by atoms with Crippen LogP contribution in [0.5, 0.6) is 0 Å². The van der Waals surface area contributed by atoms with Crippen molar-refractivity contribution in [2.75, 3.05) is 26.7 Å². The van der Waals surface area contributed by atoms with Crippen LogP contribution >= 0.6 is 24.0 Å². The summed E-state index contributed by atoms with van der Waals surface area (Å²) in [4.78, 5) is 11.2. The number of aromatic nitrogens is 2. The number of hydrogen-bond donors (Lipinski definition) is 2. The van der Waals surface area contributed by atoms with Gasteiger partial charge in [-0.1, -0.05) is 30.7 Å². The van der Waals surface area contributed by atoms with Crippen LogP contribution in [0.3, 0.4) is 0 Å². The van der Waals surface area contributed by atoms with Gasteiger partial charge in [-0.15, -0.1) is 24.0 Å². The lowest BCUT2D eigenvalue weighted by Crippen LogP contribution is -2.37. The summed E-state index contributed by atoms with van der Waals surface area (Å²) in [6, 6.07) is 8.99. The maximum absolute atomic E-state index is 4.33. The third-order valence-corrected chi connectivity index (χ3v) is 5.60. The van der Waals surface area contributed by atoms with E-state index in [1.807, 2.05) is 26.4 Å². The van der Waals surface area contributed by atoms with Gasteiger partial charge in [0.25, 0.3) is 0 Å². The summed E-state index contributed by atoms with van der Waals surface area (Å²) in [7, 11) is 1.83. The fraction of sp³-hybridized carbons (Fsp3) is 0.565. The molecule has 0 bridgehead atoms. The van der Waals surface area contributed by atoms with Crippen LogP contribution in [0.1, 0.15) is 49.1 Å². The van der Waals surface area contributed by atoms with Crippen LogP contribution in [0.2, 0.25) is 0 Å². The monoisotopic (exact) mass is 524 g/mol. The minimum Gasteiger partial charge on any atom is -0.356 e. The van der Waals surface area contributed by atoms with Crippen molar-refractivity contribution in [2.24, 2.45) is 4.99 Å². The second kappa shape index (κ2) is 13.6. The Bertz CT molecular complexity index is 749. The van der Waals surface area contributed by atoms with Gasteiger partial charge in [0.2, 0.25) is 0 Å². The summed E-state index contributed by atoms with van der Waals surface area (Å²) >= 11 is 0. The number of guanidine groups is 1. The van der Waals surface area contributed by atoms with E-state index in [2.05, 4.69) is 54.3 Å². The third-order valence-electron chi connectivity index (χ3n) is 5.60. The number of halogens is 1. The molecule has 7 heteroatoms. The average Bonchev–Trinajstić information content (AvgIpc) is 3.16. The molecule has 0 saturated carbocycles. The van der Waals surface area contributed by atoms with E-state index in [4.69, 9.17) is 0 Å². The van der Waals surface area contributed by atoms with E-state index in [1.54, 1.807) is 0 Å². The highest BCUT2D eigenvalue weighted by atomic mass is 127. The zero-order chi connectivity index (χ0) is 20.3. The molecule has 1 aromatic carbocycles. The van der Waals surface area contributed by atoms with Gasteiger partial charge in [0.15, 0.2) is 5.96 Å². The third kappa shape index (κ3) is 8.26. The molecule has 1 aliphatic heterocycles. The minimum atomic E-state index is 0. The van der Waals surface area contributed by atoms with Crippen LogP contribution in [0.4, 0.5) is 0 Å². The van der Waals surface area contributed by atoms with Gasteiger partial charge in [0, 0.05) is 45.6 Å². The fourth-order valence-electron chi connectivity index (χ4n) is 3.80. The zero-order valence-electron chi connectivity index (χ0n) is 18.4. The molecule has 1 fully saturated rings. The molecule has 0 unspecified atom stereocenters. The lowest BCUT2D eigenvalue weighted by Gasteiger charge is -2.26. The van der Waals surface area contributed by atoms with Crippen LogP contribution in [0.25, 0.3) is 0 Å². The number of rotatable bonds is 9. The summed E-state index contributed by atoms with van der Waals surface area (Å²) < 4.78 is 2.20. The summed E-state index contributed by atoms with van der Waals surface area (Å²) in [5.74, 6) is 1.94. The highest BCUT2D eigenvalue weighted by Crippen LogP contribution is 2.13. The molecular formula is C23H37IN6. The molecular weight excluding hydrogens is 487 g/mol. The molecule has 0 radical (unpaired) electrons. The Morgan fingerprint density at radius 3 is 2.43 bits per heavy atom. The number of hydrogen-bond acceptors (Lipinski definition) is 3. The number of piperidine rings is 1. The molecule has 166 valence electrons. The van der Waals surface area contributed by atoms with Crippen LogP contribution in [0.15, 0.2) is 41.7 Å². The summed E-state index contributed by atoms with van der Waals surface area (Å²) in [5, 5.41) is 6.82. The first kappa shape index (κ1) is 24.7. The van der Waals surface area contributed by atoms with Crippen LogP contribution in [-0.2, 0) is 19.6 Å². The van der Waals surface area contributed by atoms with E-state index in [0.29, 0.717) is 0 Å². The smallest absolute Gasteiger partial charge is 0.191 e. The predicted molar refractivity (Wildman–Crippen MR) is 135 cm³/mol. The largest absolute Gasteiger partial charge is 0.356 e. The maximum atomic E-state index is 4.33. The van der Waals surface area contributed by atoms with E-state index >= 15 is 0 Å². The number of aliphatic imine (C=N–C) groups is 1. The van der Waals surface area contributed by atoms with Crippen molar-refractivity contribution in [2.45, 2.75) is 58.7 Å². The lowest BCUT2D eigenvalue weighted by atomic mass is 10.1. The number of aryl methyl sites for hydroxylation is 2. The average molecular weight is 524 g/mol. The number of unbranched alkanes of at least 4 members (excludes halogenated alkanes) is 1. The molecule has 0 atom stereocenters. The van der Waals surface area contributed by atoms with Crippen molar-refractivity contribution >= 4 is 29.9 Å². The first-order valence-corrected chi connectivity index (χ1v) is 11.0. The zero-order valence-corrected chi connectivity index (χ0v) is 20.8. The molecule has 2 aromatic rings. The van der Waals surface area contributed by atoms with Crippen molar-refractivity contribution in [1.29, 1.82) is 0 Å². The van der Waals surface area contributed by atoms with Gasteiger partial charge in [0.05, 0.1) is 0 Å². The van der Waals surface area contributed by atoms with Gasteiger partial charge < -0.3 is 15.2 Å². The van der Waals surface area contributed by atoms with E-state index in [9.17, 15) is 0 Å². The molecule has 1 saturated heterocycles. The van der Waals surface area contributed by atoms with Crippen molar-refractivity contribution in [1.82, 2.24) is 25.1 Å². The van der Waals surface area contributed by atoms with Crippen molar-refractivity contribution in [3.8, 4) is 0 Å². The molecule has 2 heterocycles. The number of benzene rings is 1. The fourth-order valence-corrected chi connectivity index (χ4v) is 3.80. The van der Waals surface area contributed by atoms with Crippen LogP contribution in [0, 0.1) is 6.92 Å². The quantitative estimate of drug-likeness (QED) is 0.226. The van der Waals surface area contributed by atoms with Crippen molar-refractivity contribution in [3.63, 3.8) is 0 Å². The van der Waals surface area contributed by atoms with Crippen molar-refractivity contribution in [3.05, 3.63) is 53.6 Å². The van der Waals surface area contributed by atoms with E-state index in [1.165, 1.54) is 43.5 Å². The summed E-state index contributed by atoms with van der Waals surface area (Å²) in [6.45, 7) is 8.34. The van der Waals surface area contributed by atoms with E-state index < -0.39 is 0 Å². The molecule has 30 heavy (non-hydrogen) atoms. The Morgan fingerprint density at radius 1 is 1.03 bits per heavy atom. The maximum Gasteiger partial charge on any atom is 0.191 e. The van der Waals surface area contributed by atoms with E-state index in [0.717, 1.165) is 50.8 Å². The molecule has 6 nitrogen and oxygen atoms in total. The number of nitrogens with zero attached hydrogens (tertiary/aromatic N) is 4. The highest BCUT2D eigenvalue weighted by Gasteiger charge is 2.10. The van der Waals surface area contributed by atoms with Gasteiger partial charge in [-0.3, -0.25) is 9.89 Å². The Morgan fingerprint density at radius 2 is 1.77 bits per heavy atom. The van der Waals surface area contributed by atoms with Crippen LogP contribution < -0.4 is 10.6 Å².